The van der Waals surface area contributed by atoms with Gasteiger partial charge in [0.05, 0.1) is 18.8 Å². The maximum Gasteiger partial charge on any atom is 0.222 e. The van der Waals surface area contributed by atoms with E-state index in [1.165, 1.54) is 4.88 Å². The molecule has 0 bridgehead atoms. The molecular weight excluding hydrogens is 236 g/mol. The summed E-state index contributed by atoms with van der Waals surface area (Å²) in [7, 11) is 1.68. The third-order valence-corrected chi connectivity index (χ3v) is 3.92. The van der Waals surface area contributed by atoms with Crippen LogP contribution in [0.25, 0.3) is 0 Å². The van der Waals surface area contributed by atoms with Crippen molar-refractivity contribution in [1.82, 2.24) is 9.88 Å². The lowest BCUT2D eigenvalue weighted by molar-refractivity contribution is -0.132. The molecule has 1 amide bonds. The Balaban J connectivity index is 2.05. The van der Waals surface area contributed by atoms with Crippen molar-refractivity contribution in [3.63, 3.8) is 0 Å². The molecule has 5 heteroatoms. The second-order valence-electron chi connectivity index (χ2n) is 4.23. The molecule has 2 heterocycles. The topological polar surface area (TPSA) is 42.4 Å². The second kappa shape index (κ2) is 5.60. The van der Waals surface area contributed by atoms with Crippen LogP contribution in [0, 0.1) is 0 Å². The Morgan fingerprint density at radius 1 is 1.59 bits per heavy atom. The number of hydrogen-bond donors (Lipinski definition) is 0. The summed E-state index contributed by atoms with van der Waals surface area (Å²) in [5.74, 6) is 0.264. The highest BCUT2D eigenvalue weighted by Gasteiger charge is 2.23. The maximum atomic E-state index is 11.8. The first kappa shape index (κ1) is 12.5. The van der Waals surface area contributed by atoms with Crippen LogP contribution in [0.4, 0.5) is 0 Å². The van der Waals surface area contributed by atoms with Gasteiger partial charge in [-0.15, -0.1) is 11.3 Å². The first-order valence-corrected chi connectivity index (χ1v) is 6.80. The van der Waals surface area contributed by atoms with Crippen LogP contribution >= 0.6 is 11.3 Å². The van der Waals surface area contributed by atoms with E-state index in [1.807, 2.05) is 11.8 Å². The SMILES string of the molecule is CCCC(=O)N1CCc2nc(COC)sc2C1. The molecule has 0 N–H and O–H groups in total. The van der Waals surface area contributed by atoms with Gasteiger partial charge in [-0.2, -0.15) is 0 Å². The zero-order chi connectivity index (χ0) is 12.3. The fourth-order valence-corrected chi connectivity index (χ4v) is 3.12. The third kappa shape index (κ3) is 2.84. The average molecular weight is 254 g/mol. The van der Waals surface area contributed by atoms with Gasteiger partial charge in [0.2, 0.25) is 5.91 Å². The monoisotopic (exact) mass is 254 g/mol. The van der Waals surface area contributed by atoms with E-state index in [-0.39, 0.29) is 5.91 Å². The highest BCUT2D eigenvalue weighted by Crippen LogP contribution is 2.25. The van der Waals surface area contributed by atoms with Gasteiger partial charge in [0.15, 0.2) is 0 Å². The second-order valence-corrected chi connectivity index (χ2v) is 5.39. The Labute approximate surface area is 106 Å². The molecule has 0 aromatic carbocycles. The van der Waals surface area contributed by atoms with E-state index in [9.17, 15) is 4.79 Å². The Hall–Kier alpha value is -0.940. The fraction of sp³-hybridized carbons (Fsp3) is 0.667. The Bertz CT molecular complexity index is 403. The number of carbonyl (C=O) groups is 1. The number of aromatic nitrogens is 1. The van der Waals surface area contributed by atoms with Crippen molar-refractivity contribution in [3.05, 3.63) is 15.6 Å². The minimum absolute atomic E-state index is 0.264. The number of amides is 1. The summed E-state index contributed by atoms with van der Waals surface area (Å²) in [4.78, 5) is 19.5. The van der Waals surface area contributed by atoms with Crippen LogP contribution in [0.5, 0.6) is 0 Å². The van der Waals surface area contributed by atoms with E-state index < -0.39 is 0 Å². The molecule has 4 nitrogen and oxygen atoms in total. The van der Waals surface area contributed by atoms with Crippen LogP contribution in [-0.4, -0.2) is 29.4 Å². The summed E-state index contributed by atoms with van der Waals surface area (Å²) in [6, 6.07) is 0. The van der Waals surface area contributed by atoms with Gasteiger partial charge >= 0.3 is 0 Å². The van der Waals surface area contributed by atoms with E-state index in [4.69, 9.17) is 4.74 Å². The fourth-order valence-electron chi connectivity index (χ4n) is 2.02. The highest BCUT2D eigenvalue weighted by atomic mass is 32.1. The zero-order valence-corrected chi connectivity index (χ0v) is 11.2. The van der Waals surface area contributed by atoms with Crippen LogP contribution in [0.3, 0.4) is 0 Å². The first-order chi connectivity index (χ1) is 8.24. The number of ether oxygens (including phenoxy) is 1. The molecule has 1 aromatic rings. The molecule has 17 heavy (non-hydrogen) atoms. The largest absolute Gasteiger partial charge is 0.378 e. The lowest BCUT2D eigenvalue weighted by Gasteiger charge is -2.26. The zero-order valence-electron chi connectivity index (χ0n) is 10.4. The molecule has 0 spiro atoms. The van der Waals surface area contributed by atoms with Crippen molar-refractivity contribution in [2.75, 3.05) is 13.7 Å². The van der Waals surface area contributed by atoms with Gasteiger partial charge in [-0.05, 0) is 6.42 Å². The standard InChI is InChI=1S/C12H18N2O2S/c1-3-4-12(15)14-6-5-9-10(7-14)17-11(13-9)8-16-2/h3-8H2,1-2H3. The Morgan fingerprint density at radius 2 is 2.41 bits per heavy atom. The average Bonchev–Trinajstić information content (AvgIpc) is 2.71. The van der Waals surface area contributed by atoms with Gasteiger partial charge < -0.3 is 9.64 Å². The molecule has 0 aliphatic carbocycles. The molecule has 0 fully saturated rings. The van der Waals surface area contributed by atoms with Crippen molar-refractivity contribution in [1.29, 1.82) is 0 Å². The van der Waals surface area contributed by atoms with E-state index in [0.717, 1.165) is 36.6 Å². The molecule has 1 aliphatic rings. The van der Waals surface area contributed by atoms with E-state index in [0.29, 0.717) is 13.0 Å². The number of carbonyl (C=O) groups excluding carboxylic acids is 1. The number of hydrogen-bond acceptors (Lipinski definition) is 4. The number of thiazole rings is 1. The van der Waals surface area contributed by atoms with Gasteiger partial charge in [-0.25, -0.2) is 4.98 Å². The predicted octanol–water partition coefficient (Wildman–Crippen LogP) is 1.97. The van der Waals surface area contributed by atoms with E-state index >= 15 is 0 Å². The molecule has 1 aliphatic heterocycles. The molecule has 94 valence electrons. The van der Waals surface area contributed by atoms with E-state index in [2.05, 4.69) is 4.98 Å². The van der Waals surface area contributed by atoms with Gasteiger partial charge in [0.25, 0.3) is 0 Å². The van der Waals surface area contributed by atoms with Crippen molar-refractivity contribution in [2.24, 2.45) is 0 Å². The first-order valence-electron chi connectivity index (χ1n) is 5.98. The minimum atomic E-state index is 0.264. The molecule has 0 saturated heterocycles. The Kier molecular flexibility index (Phi) is 4.12. The smallest absolute Gasteiger partial charge is 0.222 e. The van der Waals surface area contributed by atoms with Crippen LogP contribution in [0.2, 0.25) is 0 Å². The highest BCUT2D eigenvalue weighted by molar-refractivity contribution is 7.11. The number of nitrogens with zero attached hydrogens (tertiary/aromatic N) is 2. The molecule has 2 rings (SSSR count). The lowest BCUT2D eigenvalue weighted by Crippen LogP contribution is -2.35. The van der Waals surface area contributed by atoms with Crippen LogP contribution in [-0.2, 0) is 29.1 Å². The number of fused-ring (bicyclic) bond motifs is 1. The van der Waals surface area contributed by atoms with Crippen LogP contribution < -0.4 is 0 Å². The molecule has 0 atom stereocenters. The Morgan fingerprint density at radius 3 is 3.12 bits per heavy atom. The number of rotatable bonds is 4. The molecule has 0 unspecified atom stereocenters. The van der Waals surface area contributed by atoms with E-state index in [1.54, 1.807) is 18.4 Å². The summed E-state index contributed by atoms with van der Waals surface area (Å²) in [6.07, 6.45) is 2.45. The van der Waals surface area contributed by atoms with Crippen LogP contribution in [0.15, 0.2) is 0 Å². The maximum absolute atomic E-state index is 11.8. The van der Waals surface area contributed by atoms with Crippen molar-refractivity contribution >= 4 is 17.2 Å². The minimum Gasteiger partial charge on any atom is -0.378 e. The predicted molar refractivity (Wildman–Crippen MR) is 66.9 cm³/mol. The quantitative estimate of drug-likeness (QED) is 0.825. The molecular formula is C12H18N2O2S. The van der Waals surface area contributed by atoms with Gasteiger partial charge in [0, 0.05) is 31.4 Å². The summed E-state index contributed by atoms with van der Waals surface area (Å²) in [6.45, 7) is 4.15. The van der Waals surface area contributed by atoms with Crippen LogP contribution in [0.1, 0.15) is 35.3 Å². The van der Waals surface area contributed by atoms with Gasteiger partial charge in [0.1, 0.15) is 5.01 Å². The molecule has 1 aromatic heterocycles. The summed E-state index contributed by atoms with van der Waals surface area (Å²) < 4.78 is 5.09. The van der Waals surface area contributed by atoms with Gasteiger partial charge in [-0.1, -0.05) is 6.92 Å². The molecule has 0 radical (unpaired) electrons. The van der Waals surface area contributed by atoms with Crippen molar-refractivity contribution in [2.45, 2.75) is 39.3 Å². The summed E-state index contributed by atoms with van der Waals surface area (Å²) in [5, 5.41) is 1.02. The third-order valence-electron chi connectivity index (χ3n) is 2.86. The molecule has 0 saturated carbocycles. The lowest BCUT2D eigenvalue weighted by atomic mass is 10.1. The van der Waals surface area contributed by atoms with Gasteiger partial charge in [-0.3, -0.25) is 4.79 Å². The summed E-state index contributed by atoms with van der Waals surface area (Å²) >= 11 is 1.67. The normalized spacial score (nSPS) is 14.8. The summed E-state index contributed by atoms with van der Waals surface area (Å²) in [5.41, 5.74) is 1.16. The number of methoxy groups -OCH3 is 1. The van der Waals surface area contributed by atoms with Crippen molar-refractivity contribution < 1.29 is 9.53 Å². The van der Waals surface area contributed by atoms with Crippen molar-refractivity contribution in [3.8, 4) is 0 Å².